The van der Waals surface area contributed by atoms with Crippen LogP contribution < -0.4 is 0 Å². The van der Waals surface area contributed by atoms with E-state index in [1.54, 1.807) is 0 Å². The number of hydrogen-bond donors (Lipinski definition) is 2. The van der Waals surface area contributed by atoms with Crippen LogP contribution in [0.1, 0.15) is 22.3 Å². The minimum atomic E-state index is -1.35. The molecule has 8 nitrogen and oxygen atoms in total. The molecule has 0 unspecified atom stereocenters. The van der Waals surface area contributed by atoms with Crippen molar-refractivity contribution < 1.29 is 38.6 Å². The van der Waals surface area contributed by atoms with Gasteiger partial charge in [0.05, 0.1) is 39.6 Å². The van der Waals surface area contributed by atoms with E-state index >= 15 is 0 Å². The summed E-state index contributed by atoms with van der Waals surface area (Å²) >= 11 is 0. The van der Waals surface area contributed by atoms with Crippen LogP contribution in [0.15, 0.2) is 121 Å². The van der Waals surface area contributed by atoms with Crippen LogP contribution in [0.2, 0.25) is 0 Å². The lowest BCUT2D eigenvalue weighted by Crippen LogP contribution is -2.37. The Balaban J connectivity index is 1.31. The van der Waals surface area contributed by atoms with E-state index in [0.717, 1.165) is 22.3 Å². The highest BCUT2D eigenvalue weighted by atomic mass is 16.8. The van der Waals surface area contributed by atoms with E-state index in [-0.39, 0.29) is 39.6 Å². The smallest absolute Gasteiger partial charge is 0.209 e. The van der Waals surface area contributed by atoms with Gasteiger partial charge < -0.3 is 38.6 Å². The van der Waals surface area contributed by atoms with E-state index in [1.807, 2.05) is 121 Å². The van der Waals surface area contributed by atoms with Crippen molar-refractivity contribution in [2.75, 3.05) is 13.2 Å². The quantitative estimate of drug-likeness (QED) is 0.117. The Kier molecular flexibility index (Phi) is 13.6. The van der Waals surface area contributed by atoms with Gasteiger partial charge in [-0.05, 0) is 22.3 Å². The van der Waals surface area contributed by atoms with Crippen molar-refractivity contribution in [3.63, 3.8) is 0 Å². The maximum atomic E-state index is 10.7. The zero-order chi connectivity index (χ0) is 29.2. The first kappa shape index (κ1) is 31.5. The van der Waals surface area contributed by atoms with Gasteiger partial charge in [-0.15, -0.1) is 0 Å². The first-order valence-electron chi connectivity index (χ1n) is 13.9. The van der Waals surface area contributed by atoms with Gasteiger partial charge in [0, 0.05) is 0 Å². The van der Waals surface area contributed by atoms with Gasteiger partial charge >= 0.3 is 0 Å². The van der Waals surface area contributed by atoms with E-state index < -0.39 is 25.2 Å². The molecule has 0 aliphatic heterocycles. The third kappa shape index (κ3) is 11.4. The summed E-state index contributed by atoms with van der Waals surface area (Å²) in [4.78, 5) is 0. The van der Waals surface area contributed by atoms with E-state index in [4.69, 9.17) is 28.4 Å². The number of rotatable bonds is 19. The third-order valence-corrected chi connectivity index (χ3v) is 6.15. The minimum Gasteiger partial charge on any atom is -0.364 e. The van der Waals surface area contributed by atoms with Crippen LogP contribution in [0, 0.1) is 0 Å². The number of hydrogen-bond acceptors (Lipinski definition) is 8. The molecule has 4 aromatic rings. The molecule has 4 rings (SSSR count). The zero-order valence-electron chi connectivity index (χ0n) is 23.4. The van der Waals surface area contributed by atoms with Crippen LogP contribution in [0.3, 0.4) is 0 Å². The highest BCUT2D eigenvalue weighted by molar-refractivity contribution is 5.15. The number of aliphatic hydroxyl groups excluding tert-OH is 2. The van der Waals surface area contributed by atoms with Gasteiger partial charge in [-0.25, -0.2) is 0 Å². The molecule has 0 fully saturated rings. The van der Waals surface area contributed by atoms with E-state index in [0.29, 0.717) is 0 Å². The highest BCUT2D eigenvalue weighted by Gasteiger charge is 2.24. The lowest BCUT2D eigenvalue weighted by Gasteiger charge is -2.26. The summed E-state index contributed by atoms with van der Waals surface area (Å²) in [6.45, 7) is 0.865. The van der Waals surface area contributed by atoms with Gasteiger partial charge in [0.2, 0.25) is 25.2 Å². The van der Waals surface area contributed by atoms with Crippen LogP contribution in [0.25, 0.3) is 0 Å². The van der Waals surface area contributed by atoms with Crippen LogP contribution in [0.4, 0.5) is 0 Å². The summed E-state index contributed by atoms with van der Waals surface area (Å²) in [5.74, 6) is 0. The highest BCUT2D eigenvalue weighted by Crippen LogP contribution is 2.14. The van der Waals surface area contributed by atoms with Gasteiger partial charge in [0.15, 0.2) is 0 Å². The Labute approximate surface area is 247 Å². The average Bonchev–Trinajstić information content (AvgIpc) is 3.05. The molecule has 0 radical (unpaired) electrons. The molecule has 0 aliphatic carbocycles. The molecule has 8 heteroatoms. The number of benzene rings is 4. The Hall–Kier alpha value is -3.44. The lowest BCUT2D eigenvalue weighted by molar-refractivity contribution is -0.297. The summed E-state index contributed by atoms with van der Waals surface area (Å²) in [7, 11) is 0. The van der Waals surface area contributed by atoms with Crippen molar-refractivity contribution in [1.82, 2.24) is 0 Å². The molecule has 0 spiro atoms. The van der Waals surface area contributed by atoms with Gasteiger partial charge in [-0.1, -0.05) is 121 Å². The van der Waals surface area contributed by atoms with Crippen molar-refractivity contribution in [2.24, 2.45) is 0 Å². The summed E-state index contributed by atoms with van der Waals surface area (Å²) in [6, 6.07) is 38.2. The molecule has 0 saturated heterocycles. The van der Waals surface area contributed by atoms with Crippen LogP contribution in [0.5, 0.6) is 0 Å². The van der Waals surface area contributed by atoms with E-state index in [9.17, 15) is 10.2 Å². The molecule has 0 bridgehead atoms. The predicted molar refractivity (Wildman–Crippen MR) is 156 cm³/mol. The Bertz CT molecular complexity index is 1130. The van der Waals surface area contributed by atoms with Gasteiger partial charge in [0.1, 0.15) is 0 Å². The summed E-state index contributed by atoms with van der Waals surface area (Å²) in [5.41, 5.74) is 3.66. The second-order valence-electron chi connectivity index (χ2n) is 9.45. The topological polar surface area (TPSA) is 95.8 Å². The lowest BCUT2D eigenvalue weighted by atomic mass is 10.2. The van der Waals surface area contributed by atoms with Crippen molar-refractivity contribution in [3.8, 4) is 0 Å². The molecular weight excluding hydrogens is 536 g/mol. The Morgan fingerprint density at radius 2 is 0.619 bits per heavy atom. The van der Waals surface area contributed by atoms with E-state index in [2.05, 4.69) is 0 Å². The largest absolute Gasteiger partial charge is 0.364 e. The molecule has 4 atom stereocenters. The molecule has 4 aromatic carbocycles. The number of ether oxygens (including phenoxy) is 6. The second-order valence-corrected chi connectivity index (χ2v) is 9.45. The van der Waals surface area contributed by atoms with Crippen molar-refractivity contribution in [2.45, 2.75) is 51.6 Å². The Morgan fingerprint density at radius 1 is 0.357 bits per heavy atom. The fourth-order valence-corrected chi connectivity index (χ4v) is 3.93. The molecule has 2 N–H and O–H groups in total. The third-order valence-electron chi connectivity index (χ3n) is 6.15. The molecule has 42 heavy (non-hydrogen) atoms. The normalized spacial score (nSPS) is 14.2. The SMILES string of the molecule is O[C@@H](OCc1ccccc1)[C@@H](OCCO[C@@H](OCc1ccccc1)[C@@H](O)OCc1ccccc1)OCc1ccccc1. The number of aliphatic hydroxyl groups is 2. The van der Waals surface area contributed by atoms with Gasteiger partial charge in [0.25, 0.3) is 0 Å². The summed E-state index contributed by atoms with van der Waals surface area (Å²) in [6.07, 6.45) is -4.86. The predicted octanol–water partition coefficient (Wildman–Crippen LogP) is 5.18. The monoisotopic (exact) mass is 574 g/mol. The van der Waals surface area contributed by atoms with Crippen molar-refractivity contribution >= 4 is 0 Å². The maximum absolute atomic E-state index is 10.7. The van der Waals surface area contributed by atoms with Gasteiger partial charge in [-0.3, -0.25) is 0 Å². The molecule has 0 heterocycles. The van der Waals surface area contributed by atoms with Crippen molar-refractivity contribution in [3.05, 3.63) is 144 Å². The molecule has 222 valence electrons. The van der Waals surface area contributed by atoms with Gasteiger partial charge in [-0.2, -0.15) is 0 Å². The standard InChI is InChI=1S/C34H38O8/c35-31(39-23-27-13-5-1-6-14-27)33(41-25-29-17-9-3-10-18-29)37-21-22-38-34(42-26-30-19-11-4-12-20-30)32(36)40-24-28-15-7-2-8-16-28/h1-20,31-36H,21-26H2/t31-,32-,33-,34-/m0/s1. The molecule has 0 saturated carbocycles. The van der Waals surface area contributed by atoms with Crippen LogP contribution in [-0.4, -0.2) is 48.6 Å². The maximum Gasteiger partial charge on any atom is 0.209 e. The molecule has 0 aliphatic rings. The average molecular weight is 575 g/mol. The Morgan fingerprint density at radius 3 is 0.905 bits per heavy atom. The fraction of sp³-hybridized carbons (Fsp3) is 0.294. The zero-order valence-corrected chi connectivity index (χ0v) is 23.4. The van der Waals surface area contributed by atoms with E-state index in [1.165, 1.54) is 0 Å². The fourth-order valence-electron chi connectivity index (χ4n) is 3.93. The summed E-state index contributed by atoms with van der Waals surface area (Å²) in [5, 5.41) is 21.5. The van der Waals surface area contributed by atoms with Crippen LogP contribution >= 0.6 is 0 Å². The summed E-state index contributed by atoms with van der Waals surface area (Å²) < 4.78 is 34.7. The first-order chi connectivity index (χ1) is 20.7. The second kappa shape index (κ2) is 18.2. The molecule has 0 amide bonds. The van der Waals surface area contributed by atoms with Crippen molar-refractivity contribution in [1.29, 1.82) is 0 Å². The minimum absolute atomic E-state index is 0.0296. The molecule has 0 aromatic heterocycles. The van der Waals surface area contributed by atoms with Crippen LogP contribution in [-0.2, 0) is 54.8 Å². The first-order valence-corrected chi connectivity index (χ1v) is 13.9. The molecular formula is C34H38O8.